The van der Waals surface area contributed by atoms with Crippen molar-refractivity contribution < 1.29 is 10.2 Å². The standard InChI is InChI=1S/C9H10N2O2/c10-4-6-1-2-9(13)7(3-6)8(11)5-12/h1-3,8,12-13H,5,11H2/t8-/m1/s1. The topological polar surface area (TPSA) is 90.3 Å². The Hall–Kier alpha value is -1.57. The van der Waals surface area contributed by atoms with E-state index in [4.69, 9.17) is 16.1 Å². The molecule has 68 valence electrons. The molecule has 0 aliphatic carbocycles. The predicted octanol–water partition coefficient (Wildman–Crippen LogP) is 0.256. The van der Waals surface area contributed by atoms with Gasteiger partial charge in [0.25, 0.3) is 0 Å². The van der Waals surface area contributed by atoms with Gasteiger partial charge in [-0.1, -0.05) is 0 Å². The maximum absolute atomic E-state index is 9.33. The Labute approximate surface area is 75.8 Å². The molecule has 4 heteroatoms. The van der Waals surface area contributed by atoms with Crippen LogP contribution >= 0.6 is 0 Å². The van der Waals surface area contributed by atoms with Gasteiger partial charge in [-0.05, 0) is 18.2 Å². The fourth-order valence-electron chi connectivity index (χ4n) is 1.02. The van der Waals surface area contributed by atoms with Crippen molar-refractivity contribution in [3.8, 4) is 11.8 Å². The second kappa shape index (κ2) is 3.90. The molecule has 0 saturated carbocycles. The predicted molar refractivity (Wildman–Crippen MR) is 46.8 cm³/mol. The zero-order valence-corrected chi connectivity index (χ0v) is 6.94. The largest absolute Gasteiger partial charge is 0.508 e. The van der Waals surface area contributed by atoms with E-state index in [9.17, 15) is 5.11 Å². The third-order valence-corrected chi connectivity index (χ3v) is 1.75. The highest BCUT2D eigenvalue weighted by Crippen LogP contribution is 2.23. The van der Waals surface area contributed by atoms with Crippen LogP contribution < -0.4 is 5.73 Å². The Morgan fingerprint density at radius 3 is 2.77 bits per heavy atom. The summed E-state index contributed by atoms with van der Waals surface area (Å²) in [5.74, 6) is 0.000509. The van der Waals surface area contributed by atoms with Crippen molar-refractivity contribution in [1.82, 2.24) is 0 Å². The summed E-state index contributed by atoms with van der Waals surface area (Å²) in [4.78, 5) is 0. The third kappa shape index (κ3) is 1.96. The number of benzene rings is 1. The molecule has 0 spiro atoms. The zero-order valence-electron chi connectivity index (χ0n) is 6.94. The lowest BCUT2D eigenvalue weighted by Gasteiger charge is -2.10. The van der Waals surface area contributed by atoms with Gasteiger partial charge in [0.05, 0.1) is 24.3 Å². The Morgan fingerprint density at radius 1 is 1.54 bits per heavy atom. The number of nitrogens with two attached hydrogens (primary N) is 1. The van der Waals surface area contributed by atoms with Crippen LogP contribution in [0.25, 0.3) is 0 Å². The van der Waals surface area contributed by atoms with Crippen LogP contribution in [0, 0.1) is 11.3 Å². The van der Waals surface area contributed by atoms with Crippen LogP contribution in [0.2, 0.25) is 0 Å². The Morgan fingerprint density at radius 2 is 2.23 bits per heavy atom. The number of nitriles is 1. The number of phenolic OH excluding ortho intramolecular Hbond substituents is 1. The van der Waals surface area contributed by atoms with E-state index in [1.165, 1.54) is 18.2 Å². The normalized spacial score (nSPS) is 12.1. The molecule has 0 radical (unpaired) electrons. The van der Waals surface area contributed by atoms with E-state index >= 15 is 0 Å². The Balaban J connectivity index is 3.12. The lowest BCUT2D eigenvalue weighted by molar-refractivity contribution is 0.265. The molecule has 1 rings (SSSR count). The molecule has 0 bridgehead atoms. The van der Waals surface area contributed by atoms with Gasteiger partial charge in [-0.3, -0.25) is 0 Å². The van der Waals surface area contributed by atoms with E-state index in [1.54, 1.807) is 0 Å². The lowest BCUT2D eigenvalue weighted by atomic mass is 10.0. The van der Waals surface area contributed by atoms with Gasteiger partial charge in [-0.15, -0.1) is 0 Å². The zero-order chi connectivity index (χ0) is 9.84. The minimum Gasteiger partial charge on any atom is -0.508 e. The lowest BCUT2D eigenvalue weighted by Crippen LogP contribution is -2.14. The van der Waals surface area contributed by atoms with Crippen LogP contribution in [0.1, 0.15) is 17.2 Å². The van der Waals surface area contributed by atoms with E-state index in [0.717, 1.165) is 0 Å². The van der Waals surface area contributed by atoms with Crippen molar-refractivity contribution >= 4 is 0 Å². The summed E-state index contributed by atoms with van der Waals surface area (Å²) in [6.07, 6.45) is 0. The molecule has 13 heavy (non-hydrogen) atoms. The van der Waals surface area contributed by atoms with Gasteiger partial charge in [0, 0.05) is 5.56 Å². The quantitative estimate of drug-likeness (QED) is 0.605. The molecule has 0 aromatic heterocycles. The van der Waals surface area contributed by atoms with Gasteiger partial charge in [0.15, 0.2) is 0 Å². The van der Waals surface area contributed by atoms with Crippen molar-refractivity contribution in [3.05, 3.63) is 29.3 Å². The van der Waals surface area contributed by atoms with E-state index in [0.29, 0.717) is 11.1 Å². The molecule has 0 saturated heterocycles. The van der Waals surface area contributed by atoms with Crippen LogP contribution in [0.15, 0.2) is 18.2 Å². The number of hydrogen-bond donors (Lipinski definition) is 3. The maximum Gasteiger partial charge on any atom is 0.120 e. The second-order valence-electron chi connectivity index (χ2n) is 2.67. The van der Waals surface area contributed by atoms with Gasteiger partial charge in [0.2, 0.25) is 0 Å². The molecule has 0 amide bonds. The summed E-state index contributed by atoms with van der Waals surface area (Å²) in [6.45, 7) is -0.261. The van der Waals surface area contributed by atoms with Crippen LogP contribution in [0.5, 0.6) is 5.75 Å². The molecule has 0 fully saturated rings. The molecular formula is C9H10N2O2. The van der Waals surface area contributed by atoms with Crippen molar-refractivity contribution in [2.45, 2.75) is 6.04 Å². The maximum atomic E-state index is 9.33. The molecule has 0 unspecified atom stereocenters. The number of nitrogens with zero attached hydrogens (tertiary/aromatic N) is 1. The average Bonchev–Trinajstić information content (AvgIpc) is 2.17. The van der Waals surface area contributed by atoms with Crippen molar-refractivity contribution in [3.63, 3.8) is 0 Å². The number of hydrogen-bond acceptors (Lipinski definition) is 4. The summed E-state index contributed by atoms with van der Waals surface area (Å²) in [7, 11) is 0. The first-order valence-corrected chi connectivity index (χ1v) is 3.78. The summed E-state index contributed by atoms with van der Waals surface area (Å²) in [5.41, 5.74) is 6.30. The number of aliphatic hydroxyl groups excluding tert-OH is 1. The summed E-state index contributed by atoms with van der Waals surface area (Å²) >= 11 is 0. The van der Waals surface area contributed by atoms with Crippen LogP contribution in [-0.4, -0.2) is 16.8 Å². The first kappa shape index (κ1) is 9.52. The first-order chi connectivity index (χ1) is 6.19. The molecule has 1 aromatic rings. The van der Waals surface area contributed by atoms with E-state index < -0.39 is 6.04 Å². The minimum atomic E-state index is -0.645. The fraction of sp³-hybridized carbons (Fsp3) is 0.222. The summed E-state index contributed by atoms with van der Waals surface area (Å²) in [6, 6.07) is 5.63. The molecule has 0 heterocycles. The van der Waals surface area contributed by atoms with E-state index in [1.807, 2.05) is 6.07 Å². The highest BCUT2D eigenvalue weighted by atomic mass is 16.3. The van der Waals surface area contributed by atoms with Crippen LogP contribution in [-0.2, 0) is 0 Å². The molecular weight excluding hydrogens is 168 g/mol. The molecule has 4 nitrogen and oxygen atoms in total. The molecule has 1 atom stereocenters. The number of rotatable bonds is 2. The van der Waals surface area contributed by atoms with Crippen molar-refractivity contribution in [2.75, 3.05) is 6.61 Å². The molecule has 0 aliphatic rings. The second-order valence-corrected chi connectivity index (χ2v) is 2.67. The molecule has 4 N–H and O–H groups in total. The first-order valence-electron chi connectivity index (χ1n) is 3.78. The van der Waals surface area contributed by atoms with Gasteiger partial charge in [-0.2, -0.15) is 5.26 Å². The van der Waals surface area contributed by atoms with Crippen LogP contribution in [0.4, 0.5) is 0 Å². The highest BCUT2D eigenvalue weighted by molar-refractivity contribution is 5.42. The summed E-state index contributed by atoms with van der Waals surface area (Å²) < 4.78 is 0. The van der Waals surface area contributed by atoms with Crippen molar-refractivity contribution in [2.24, 2.45) is 5.73 Å². The third-order valence-electron chi connectivity index (χ3n) is 1.75. The highest BCUT2D eigenvalue weighted by Gasteiger charge is 2.10. The van der Waals surface area contributed by atoms with E-state index in [2.05, 4.69) is 0 Å². The monoisotopic (exact) mass is 178 g/mol. The van der Waals surface area contributed by atoms with Gasteiger partial charge < -0.3 is 15.9 Å². The number of phenols is 1. The fourth-order valence-corrected chi connectivity index (χ4v) is 1.02. The minimum absolute atomic E-state index is 0.000509. The average molecular weight is 178 g/mol. The summed E-state index contributed by atoms with van der Waals surface area (Å²) in [5, 5.41) is 26.7. The Kier molecular flexibility index (Phi) is 2.85. The van der Waals surface area contributed by atoms with Crippen molar-refractivity contribution in [1.29, 1.82) is 5.26 Å². The smallest absolute Gasteiger partial charge is 0.120 e. The van der Waals surface area contributed by atoms with Crippen LogP contribution in [0.3, 0.4) is 0 Å². The van der Waals surface area contributed by atoms with Gasteiger partial charge >= 0.3 is 0 Å². The molecule has 1 aromatic carbocycles. The number of aliphatic hydroxyl groups is 1. The van der Waals surface area contributed by atoms with Gasteiger partial charge in [0.1, 0.15) is 5.75 Å². The number of aromatic hydroxyl groups is 1. The van der Waals surface area contributed by atoms with Gasteiger partial charge in [-0.25, -0.2) is 0 Å². The van der Waals surface area contributed by atoms with E-state index in [-0.39, 0.29) is 12.4 Å². The SMILES string of the molecule is N#Cc1ccc(O)c([C@H](N)CO)c1. The Bertz CT molecular complexity index is 344. The molecule has 0 aliphatic heterocycles.